The first-order valence-electron chi connectivity index (χ1n) is 8.37. The Morgan fingerprint density at radius 2 is 1.95 bits per heavy atom. The lowest BCUT2D eigenvalue weighted by Gasteiger charge is -2.26. The van der Waals surface area contributed by atoms with E-state index in [1.807, 2.05) is 0 Å². The summed E-state index contributed by atoms with van der Waals surface area (Å²) >= 11 is 2.16. The van der Waals surface area contributed by atoms with E-state index < -0.39 is 0 Å². The predicted molar refractivity (Wildman–Crippen MR) is 88.4 cm³/mol. The molecule has 114 valence electrons. The summed E-state index contributed by atoms with van der Waals surface area (Å²) < 4.78 is 0. The third kappa shape index (κ3) is 7.57. The molecule has 0 aliphatic heterocycles. The molecule has 1 saturated carbocycles. The lowest BCUT2D eigenvalue weighted by Crippen LogP contribution is -2.39. The maximum atomic E-state index is 5.76. The standard InChI is InChI=1S/C16H34N2S/c1-3-5-9-14(4-2)12-15(18-17)13-19-16-10-7-6-8-11-16/h14-16,18H,3-13,17H2,1-2H3. The summed E-state index contributed by atoms with van der Waals surface area (Å²) in [6.45, 7) is 4.60. The van der Waals surface area contributed by atoms with Gasteiger partial charge in [0.2, 0.25) is 0 Å². The van der Waals surface area contributed by atoms with E-state index in [0.29, 0.717) is 6.04 Å². The van der Waals surface area contributed by atoms with Crippen molar-refractivity contribution < 1.29 is 0 Å². The Balaban J connectivity index is 2.22. The topological polar surface area (TPSA) is 38.0 Å². The van der Waals surface area contributed by atoms with Crippen LogP contribution in [0.5, 0.6) is 0 Å². The molecule has 0 heterocycles. The minimum absolute atomic E-state index is 0.508. The summed E-state index contributed by atoms with van der Waals surface area (Å²) in [6, 6.07) is 0.508. The smallest absolute Gasteiger partial charge is 0.0303 e. The molecule has 1 rings (SSSR count). The summed E-state index contributed by atoms with van der Waals surface area (Å²) in [4.78, 5) is 0. The number of hydrazine groups is 1. The first-order chi connectivity index (χ1) is 9.30. The lowest BCUT2D eigenvalue weighted by molar-refractivity contribution is 0.367. The van der Waals surface area contributed by atoms with Crippen LogP contribution in [-0.2, 0) is 0 Å². The van der Waals surface area contributed by atoms with Gasteiger partial charge in [-0.1, -0.05) is 58.8 Å². The Labute approximate surface area is 124 Å². The number of nitrogens with two attached hydrogens (primary N) is 1. The number of nitrogens with one attached hydrogen (secondary N) is 1. The van der Waals surface area contributed by atoms with Crippen molar-refractivity contribution in [2.75, 3.05) is 5.75 Å². The largest absolute Gasteiger partial charge is 0.271 e. The summed E-state index contributed by atoms with van der Waals surface area (Å²) in [7, 11) is 0. The molecule has 2 atom stereocenters. The van der Waals surface area contributed by atoms with Crippen molar-refractivity contribution in [3.05, 3.63) is 0 Å². The number of rotatable bonds is 10. The van der Waals surface area contributed by atoms with Gasteiger partial charge < -0.3 is 0 Å². The van der Waals surface area contributed by atoms with E-state index in [2.05, 4.69) is 31.0 Å². The molecule has 0 bridgehead atoms. The molecule has 19 heavy (non-hydrogen) atoms. The highest BCUT2D eigenvalue weighted by atomic mass is 32.2. The monoisotopic (exact) mass is 286 g/mol. The minimum Gasteiger partial charge on any atom is -0.271 e. The predicted octanol–water partition coefficient (Wildman–Crippen LogP) is 4.49. The normalized spacial score (nSPS) is 20.4. The van der Waals surface area contributed by atoms with Crippen LogP contribution in [0.2, 0.25) is 0 Å². The van der Waals surface area contributed by atoms with Crippen LogP contribution in [0.1, 0.15) is 78.1 Å². The van der Waals surface area contributed by atoms with Gasteiger partial charge in [-0.2, -0.15) is 11.8 Å². The molecule has 3 heteroatoms. The van der Waals surface area contributed by atoms with Gasteiger partial charge in [0.05, 0.1) is 0 Å². The van der Waals surface area contributed by atoms with Crippen LogP contribution in [0.25, 0.3) is 0 Å². The van der Waals surface area contributed by atoms with Gasteiger partial charge in [0.25, 0.3) is 0 Å². The van der Waals surface area contributed by atoms with Crippen molar-refractivity contribution in [1.82, 2.24) is 5.43 Å². The van der Waals surface area contributed by atoms with Crippen LogP contribution in [0.15, 0.2) is 0 Å². The molecule has 1 fully saturated rings. The average Bonchev–Trinajstić information content (AvgIpc) is 2.47. The van der Waals surface area contributed by atoms with Crippen LogP contribution in [0, 0.1) is 5.92 Å². The van der Waals surface area contributed by atoms with E-state index >= 15 is 0 Å². The molecule has 0 radical (unpaired) electrons. The fraction of sp³-hybridized carbons (Fsp3) is 1.00. The third-order valence-corrected chi connectivity index (χ3v) is 6.02. The molecule has 1 aliphatic carbocycles. The van der Waals surface area contributed by atoms with E-state index in [0.717, 1.165) is 11.2 Å². The van der Waals surface area contributed by atoms with Gasteiger partial charge >= 0.3 is 0 Å². The minimum atomic E-state index is 0.508. The first-order valence-corrected chi connectivity index (χ1v) is 9.42. The first kappa shape index (κ1) is 17.3. The Hall–Kier alpha value is 0.270. The molecule has 2 unspecified atom stereocenters. The molecule has 0 aromatic heterocycles. The SMILES string of the molecule is CCCCC(CC)CC(CSC1CCCCC1)NN. The molecule has 0 amide bonds. The number of hydrogen-bond acceptors (Lipinski definition) is 3. The maximum Gasteiger partial charge on any atom is 0.0303 e. The van der Waals surface area contributed by atoms with Gasteiger partial charge in [0.1, 0.15) is 0 Å². The van der Waals surface area contributed by atoms with Crippen molar-refractivity contribution in [2.45, 2.75) is 89.3 Å². The molecule has 3 N–H and O–H groups in total. The third-order valence-electron chi connectivity index (χ3n) is 4.48. The Bertz CT molecular complexity index is 205. The van der Waals surface area contributed by atoms with Crippen molar-refractivity contribution >= 4 is 11.8 Å². The van der Waals surface area contributed by atoms with Gasteiger partial charge in [-0.05, 0) is 25.2 Å². The number of unbranched alkanes of at least 4 members (excludes halogenated alkanes) is 1. The van der Waals surface area contributed by atoms with Crippen molar-refractivity contribution in [1.29, 1.82) is 0 Å². The van der Waals surface area contributed by atoms with Crippen molar-refractivity contribution in [3.63, 3.8) is 0 Å². The van der Waals surface area contributed by atoms with Crippen LogP contribution in [0.3, 0.4) is 0 Å². The molecule has 0 aromatic carbocycles. The number of thioether (sulfide) groups is 1. The Morgan fingerprint density at radius 3 is 2.53 bits per heavy atom. The number of hydrogen-bond donors (Lipinski definition) is 2. The molecular formula is C16H34N2S. The lowest BCUT2D eigenvalue weighted by atomic mass is 9.93. The van der Waals surface area contributed by atoms with Gasteiger partial charge in [-0.15, -0.1) is 0 Å². The Morgan fingerprint density at radius 1 is 1.21 bits per heavy atom. The second-order valence-electron chi connectivity index (χ2n) is 6.11. The maximum absolute atomic E-state index is 5.76. The highest BCUT2D eigenvalue weighted by Gasteiger charge is 2.18. The zero-order valence-electron chi connectivity index (χ0n) is 13.0. The van der Waals surface area contributed by atoms with Crippen LogP contribution < -0.4 is 11.3 Å². The Kier molecular flexibility index (Phi) is 10.0. The highest BCUT2D eigenvalue weighted by molar-refractivity contribution is 7.99. The highest BCUT2D eigenvalue weighted by Crippen LogP contribution is 2.29. The van der Waals surface area contributed by atoms with E-state index in [1.54, 1.807) is 0 Å². The summed E-state index contributed by atoms with van der Waals surface area (Å²) in [6.07, 6.45) is 13.8. The van der Waals surface area contributed by atoms with Gasteiger partial charge in [-0.25, -0.2) is 0 Å². The van der Waals surface area contributed by atoms with E-state index in [-0.39, 0.29) is 0 Å². The molecule has 0 saturated heterocycles. The van der Waals surface area contributed by atoms with Crippen LogP contribution in [-0.4, -0.2) is 17.0 Å². The summed E-state index contributed by atoms with van der Waals surface area (Å²) in [5.41, 5.74) is 3.06. The zero-order chi connectivity index (χ0) is 13.9. The van der Waals surface area contributed by atoms with Gasteiger partial charge in [-0.3, -0.25) is 11.3 Å². The zero-order valence-corrected chi connectivity index (χ0v) is 13.8. The molecule has 2 nitrogen and oxygen atoms in total. The van der Waals surface area contributed by atoms with Gasteiger partial charge in [0, 0.05) is 17.0 Å². The molecule has 0 aromatic rings. The molecular weight excluding hydrogens is 252 g/mol. The van der Waals surface area contributed by atoms with E-state index in [9.17, 15) is 0 Å². The van der Waals surface area contributed by atoms with Crippen molar-refractivity contribution in [3.8, 4) is 0 Å². The second kappa shape index (κ2) is 11.0. The van der Waals surface area contributed by atoms with Crippen molar-refractivity contribution in [2.24, 2.45) is 11.8 Å². The summed E-state index contributed by atoms with van der Waals surface area (Å²) in [5.74, 6) is 7.81. The average molecular weight is 287 g/mol. The van der Waals surface area contributed by atoms with Crippen LogP contribution >= 0.6 is 11.8 Å². The summed E-state index contributed by atoms with van der Waals surface area (Å²) in [5, 5.41) is 0.903. The van der Waals surface area contributed by atoms with Gasteiger partial charge in [0.15, 0.2) is 0 Å². The van der Waals surface area contributed by atoms with Crippen LogP contribution in [0.4, 0.5) is 0 Å². The quantitative estimate of drug-likeness (QED) is 0.459. The fourth-order valence-electron chi connectivity index (χ4n) is 3.05. The van der Waals surface area contributed by atoms with E-state index in [4.69, 9.17) is 5.84 Å². The molecule has 1 aliphatic rings. The second-order valence-corrected chi connectivity index (χ2v) is 7.44. The van der Waals surface area contributed by atoms with E-state index in [1.165, 1.54) is 70.0 Å². The fourth-order valence-corrected chi connectivity index (χ4v) is 4.46. The molecule has 0 spiro atoms.